The molecule has 0 saturated carbocycles. The van der Waals surface area contributed by atoms with Crippen LogP contribution in [-0.2, 0) is 65.4 Å². The minimum atomic E-state index is 0. The van der Waals surface area contributed by atoms with Gasteiger partial charge in [0.15, 0.2) is 6.39 Å². The van der Waals surface area contributed by atoms with Gasteiger partial charge in [-0.15, -0.1) is 49.3 Å². The van der Waals surface area contributed by atoms with Crippen LogP contribution in [0.5, 0.6) is 0 Å². The molecule has 2 radical (unpaired) electrons. The van der Waals surface area contributed by atoms with Crippen molar-refractivity contribution in [2.45, 2.75) is 235 Å². The fourth-order valence-electron chi connectivity index (χ4n) is 4.41. The van der Waals surface area contributed by atoms with E-state index in [9.17, 15) is 0 Å². The Balaban J connectivity index is -0.000000112. The maximum absolute atomic E-state index is 4.83. The van der Waals surface area contributed by atoms with Crippen LogP contribution in [0.15, 0.2) is 145 Å². The van der Waals surface area contributed by atoms with Crippen molar-refractivity contribution in [3.05, 3.63) is 226 Å². The van der Waals surface area contributed by atoms with Gasteiger partial charge >= 0.3 is 0 Å². The molecule has 572 valence electrons. The summed E-state index contributed by atoms with van der Waals surface area (Å²) >= 11 is 8.25. The summed E-state index contributed by atoms with van der Waals surface area (Å²) in [4.78, 5) is 34.4. The smallest absolute Gasteiger partial charge is 0.180 e. The van der Waals surface area contributed by atoms with E-state index in [0.717, 1.165) is 78.7 Å². The van der Waals surface area contributed by atoms with Gasteiger partial charge in [0.2, 0.25) is 0 Å². The number of nitrogens with zero attached hydrogens (tertiary/aromatic N) is 19. The molecule has 13 aromatic rings. The normalized spacial score (nSPS) is 7.94. The van der Waals surface area contributed by atoms with Crippen molar-refractivity contribution in [3.63, 3.8) is 0 Å². The number of furan rings is 1. The zero-order valence-electron chi connectivity index (χ0n) is 68.5. The molecule has 0 aromatic carbocycles. The van der Waals surface area contributed by atoms with Gasteiger partial charge in [-0.3, -0.25) is 25.1 Å². The average Bonchev–Trinajstić information content (AvgIpc) is 1.90. The zero-order valence-corrected chi connectivity index (χ0v) is 78.2. The van der Waals surface area contributed by atoms with Gasteiger partial charge < -0.3 is 33.5 Å². The SMILES string of the molecule is CC.CC.CC.CC.CC.CC.CC.CC.Cc1ccco1.Cc1cccs1.Cc1ccsc1.Cc1cnccn1.Cc1cncnc1.Cc1cnco1.Cc1cncs1.Cc1cnoc1.Cc1n[n-]c(C)n1.Cc1n[n-]c(C)n1.Cc1nnc(C)s1.Cc1nnsc1C.Cc1nonc1C.[Y].[Y]. The third kappa shape index (κ3) is 86.2. The maximum atomic E-state index is 4.83. The summed E-state index contributed by atoms with van der Waals surface area (Å²) in [5, 5.41) is 44.8. The minimum absolute atomic E-state index is 0. The Kier molecular flexibility index (Phi) is 105. The first-order chi connectivity index (χ1) is 48.6. The summed E-state index contributed by atoms with van der Waals surface area (Å²) in [6, 6.07) is 10.0. The first kappa shape index (κ1) is 118. The van der Waals surface area contributed by atoms with E-state index in [4.69, 9.17) is 8.83 Å². The van der Waals surface area contributed by atoms with E-state index in [1.54, 1.807) is 101 Å². The number of oxazole rings is 1. The number of thiazole rings is 1. The van der Waals surface area contributed by atoms with Gasteiger partial charge in [-0.2, -0.15) is 11.3 Å². The van der Waals surface area contributed by atoms with Gasteiger partial charge in [0, 0.05) is 134 Å². The third-order valence-corrected chi connectivity index (χ3v) is 12.5. The number of thiophene rings is 2. The number of aromatic nitrogens is 19. The summed E-state index contributed by atoms with van der Waals surface area (Å²) in [5.74, 6) is 4.81. The third-order valence-electron chi connectivity index (χ3n) is 8.75. The van der Waals surface area contributed by atoms with Crippen LogP contribution in [0.3, 0.4) is 0 Å². The first-order valence-corrected chi connectivity index (χ1v) is 37.8. The second-order valence-electron chi connectivity index (χ2n) is 16.9. The molecule has 13 rings (SSSR count). The van der Waals surface area contributed by atoms with Crippen LogP contribution in [0.2, 0.25) is 0 Å². The molecule has 0 saturated heterocycles. The topological polar surface area (TPSA) is 300 Å². The summed E-state index contributed by atoms with van der Waals surface area (Å²) in [7, 11) is 0. The van der Waals surface area contributed by atoms with Crippen LogP contribution >= 0.6 is 56.9 Å². The first-order valence-electron chi connectivity index (χ1n) is 33.5. The largest absolute Gasteiger partial charge is 0.470 e. The molecule has 0 aliphatic rings. The van der Waals surface area contributed by atoms with Gasteiger partial charge in [0.05, 0.1) is 35.6 Å². The Morgan fingerprint density at radius 3 is 1.13 bits per heavy atom. The molecule has 0 amide bonds. The maximum Gasteiger partial charge on any atom is 0.180 e. The molecule has 103 heavy (non-hydrogen) atoms. The Labute approximate surface area is 690 Å². The molecule has 0 N–H and O–H groups in total. The molecule has 0 atom stereocenters. The van der Waals surface area contributed by atoms with Crippen LogP contribution in [0.1, 0.15) is 210 Å². The molecule has 0 aliphatic carbocycles. The predicted octanol–water partition coefficient (Wildman–Crippen LogP) is 22.0. The molecule has 0 fully saturated rings. The van der Waals surface area contributed by atoms with E-state index in [-0.39, 0.29) is 65.4 Å². The molecule has 13 heterocycles. The van der Waals surface area contributed by atoms with Crippen molar-refractivity contribution in [2.24, 2.45) is 0 Å². The predicted molar refractivity (Wildman–Crippen MR) is 427 cm³/mol. The fraction of sp³-hybridized carbons (Fsp3) is 0.466. The van der Waals surface area contributed by atoms with Crippen LogP contribution < -0.4 is 10.2 Å². The molecular weight excluding hydrogens is 1550 g/mol. The second kappa shape index (κ2) is 91.7. The monoisotopic (exact) mass is 1670 g/mol. The second-order valence-corrected chi connectivity index (χ2v) is 22.3. The Morgan fingerprint density at radius 1 is 0.447 bits per heavy atom. The van der Waals surface area contributed by atoms with Crippen LogP contribution in [0, 0.1) is 125 Å². The summed E-state index contributed by atoms with van der Waals surface area (Å²) in [5.41, 5.74) is 9.08. The molecule has 30 heteroatoms. The van der Waals surface area contributed by atoms with Crippen LogP contribution in [-0.4, -0.2) is 85.3 Å². The average molecular weight is 1670 g/mol. The number of aryl methyl sites for hydroxylation is 18. The van der Waals surface area contributed by atoms with Crippen molar-refractivity contribution in [3.8, 4) is 0 Å². The van der Waals surface area contributed by atoms with Crippen molar-refractivity contribution < 1.29 is 83.4 Å². The quantitative estimate of drug-likeness (QED) is 0.136. The van der Waals surface area contributed by atoms with E-state index in [2.05, 4.69) is 153 Å². The molecular formula is C73H123N19O4S5Y2-2. The molecule has 0 aliphatic heterocycles. The Hall–Kier alpha value is -6.36. The summed E-state index contributed by atoms with van der Waals surface area (Å²) < 4.78 is 22.1. The summed E-state index contributed by atoms with van der Waals surface area (Å²) in [6.45, 7) is 66.7. The van der Waals surface area contributed by atoms with E-state index >= 15 is 0 Å². The van der Waals surface area contributed by atoms with Gasteiger partial charge in [0.25, 0.3) is 0 Å². The van der Waals surface area contributed by atoms with Gasteiger partial charge in [-0.25, -0.2) is 19.6 Å². The zero-order chi connectivity index (χ0) is 79.0. The van der Waals surface area contributed by atoms with Crippen LogP contribution in [0.25, 0.3) is 0 Å². The van der Waals surface area contributed by atoms with Crippen molar-refractivity contribution in [1.29, 1.82) is 0 Å². The number of hydrogen-bond acceptors (Lipinski definition) is 26. The molecule has 0 bridgehead atoms. The Bertz CT molecular complexity index is 2960. The standard InChI is InChI=1S/2C5H6N2.C5H6O.2C5H6S.2C4H6N3.C4H6N2O.2C4H6N2S.2C4H5NO.C4H5NS.8C2H6.2Y/c1-5-2-6-4-7-3-5;1-5-4-6-2-3-7-5;1-5-3-2-4-6-5;1-5-2-3-6-4-5;1-5-3-2-4-6-5;2*1-3-5-4(2)7-6-3;1-3-4(2)6-7-5-3;1-3-5-6-4(2)7-3;1-3-4(2)7-6-5-3;1-4-2-5-3-6-4;1-4-2-5-6-3-4;1-4-2-5-3-6-4;8*1-2;;/h2*2-4H,1H3;3*2-4H,1H3;5*1-2H3;3*2-3H,1H3;8*1-2H3;;/q;;;;;2*-1;;;;;;;;;;;;;;;;. The Morgan fingerprint density at radius 2 is 0.990 bits per heavy atom. The van der Waals surface area contributed by atoms with Gasteiger partial charge in [0.1, 0.15) is 45.5 Å². The summed E-state index contributed by atoms with van der Waals surface area (Å²) in [6.07, 6.45) is 20.0. The van der Waals surface area contributed by atoms with E-state index < -0.39 is 0 Å². The number of hydrogen-bond donors (Lipinski definition) is 0. The van der Waals surface area contributed by atoms with E-state index in [1.807, 2.05) is 245 Å². The van der Waals surface area contributed by atoms with Crippen molar-refractivity contribution >= 4 is 56.9 Å². The molecule has 13 aromatic heterocycles. The minimum Gasteiger partial charge on any atom is -0.470 e. The fourth-order valence-corrected chi connectivity index (χ4v) is 7.07. The number of rotatable bonds is 0. The molecule has 0 unspecified atom stereocenters. The van der Waals surface area contributed by atoms with Gasteiger partial charge in [-0.1, -0.05) is 148 Å². The van der Waals surface area contributed by atoms with Gasteiger partial charge in [-0.05, 0) is 188 Å². The van der Waals surface area contributed by atoms with E-state index in [1.165, 1.54) is 44.4 Å². The molecule has 0 spiro atoms. The van der Waals surface area contributed by atoms with E-state index in [0.29, 0.717) is 0 Å². The molecule has 23 nitrogen and oxygen atoms in total. The van der Waals surface area contributed by atoms with Crippen molar-refractivity contribution in [2.75, 3.05) is 0 Å². The van der Waals surface area contributed by atoms with Crippen LogP contribution in [0.4, 0.5) is 0 Å². The van der Waals surface area contributed by atoms with Crippen molar-refractivity contribution in [1.82, 2.24) is 95.5 Å².